The SMILES string of the molecule is Cl.Nc1ccc(NCCCC(=O)c2ccc(O)c3[nH]c(-c4cccs4)nc23)nc1. The molecule has 0 spiro atoms. The van der Waals surface area contributed by atoms with Gasteiger partial charge in [-0.25, -0.2) is 9.97 Å². The molecule has 4 aromatic rings. The van der Waals surface area contributed by atoms with Gasteiger partial charge >= 0.3 is 0 Å². The normalized spacial score (nSPS) is 10.6. The Morgan fingerprint density at radius 1 is 1.24 bits per heavy atom. The van der Waals surface area contributed by atoms with Gasteiger partial charge in [0.2, 0.25) is 0 Å². The maximum absolute atomic E-state index is 12.7. The second kappa shape index (κ2) is 8.93. The van der Waals surface area contributed by atoms with Gasteiger partial charge in [-0.05, 0) is 42.1 Å². The van der Waals surface area contributed by atoms with E-state index >= 15 is 0 Å². The molecule has 0 bridgehead atoms. The predicted octanol–water partition coefficient (Wildman–Crippen LogP) is 4.47. The summed E-state index contributed by atoms with van der Waals surface area (Å²) in [5, 5.41) is 15.3. The predicted molar refractivity (Wildman–Crippen MR) is 119 cm³/mol. The van der Waals surface area contributed by atoms with Crippen LogP contribution in [-0.2, 0) is 0 Å². The van der Waals surface area contributed by atoms with Crippen molar-refractivity contribution in [2.24, 2.45) is 0 Å². The average molecular weight is 430 g/mol. The fraction of sp³-hybridized carbons (Fsp3) is 0.150. The number of phenols is 1. The number of Topliss-reactive ketones (excluding diaryl/α,β-unsaturated/α-hetero) is 1. The highest BCUT2D eigenvalue weighted by molar-refractivity contribution is 7.13. The van der Waals surface area contributed by atoms with Crippen LogP contribution in [0, 0.1) is 0 Å². The van der Waals surface area contributed by atoms with E-state index in [0.717, 1.165) is 10.7 Å². The summed E-state index contributed by atoms with van der Waals surface area (Å²) in [6.45, 7) is 0.616. The van der Waals surface area contributed by atoms with E-state index in [1.54, 1.807) is 35.7 Å². The number of ketones is 1. The van der Waals surface area contributed by atoms with Crippen LogP contribution in [0.4, 0.5) is 11.5 Å². The number of benzene rings is 1. The fourth-order valence-electron chi connectivity index (χ4n) is 2.94. The molecule has 0 aliphatic heterocycles. The van der Waals surface area contributed by atoms with Crippen LogP contribution in [0.25, 0.3) is 21.7 Å². The number of aromatic nitrogens is 3. The van der Waals surface area contributed by atoms with Gasteiger partial charge in [0.25, 0.3) is 0 Å². The first kappa shape index (κ1) is 20.6. The Morgan fingerprint density at radius 3 is 2.83 bits per heavy atom. The van der Waals surface area contributed by atoms with Crippen molar-refractivity contribution >= 4 is 52.1 Å². The van der Waals surface area contributed by atoms with Gasteiger partial charge < -0.3 is 21.1 Å². The molecule has 4 rings (SSSR count). The number of hydrogen-bond acceptors (Lipinski definition) is 7. The van der Waals surface area contributed by atoms with Crippen LogP contribution in [0.2, 0.25) is 0 Å². The molecule has 7 nitrogen and oxygen atoms in total. The number of nitrogens with zero attached hydrogens (tertiary/aromatic N) is 2. The number of aromatic hydroxyl groups is 1. The molecule has 150 valence electrons. The number of anilines is 2. The Kier molecular flexibility index (Phi) is 6.36. The summed E-state index contributed by atoms with van der Waals surface area (Å²) in [6, 6.07) is 10.6. The lowest BCUT2D eigenvalue weighted by atomic mass is 10.0. The van der Waals surface area contributed by atoms with E-state index in [9.17, 15) is 9.90 Å². The Hall–Kier alpha value is -3.10. The first-order valence-electron chi connectivity index (χ1n) is 8.86. The number of hydrogen-bond donors (Lipinski definition) is 4. The van der Waals surface area contributed by atoms with Gasteiger partial charge in [0.05, 0.1) is 16.8 Å². The lowest BCUT2D eigenvalue weighted by molar-refractivity contribution is 0.0982. The molecule has 0 saturated heterocycles. The molecular formula is C20H20ClN5O2S. The molecule has 0 atom stereocenters. The van der Waals surface area contributed by atoms with Crippen molar-refractivity contribution in [1.82, 2.24) is 15.0 Å². The molecule has 29 heavy (non-hydrogen) atoms. The lowest BCUT2D eigenvalue weighted by Gasteiger charge is -2.06. The zero-order valence-electron chi connectivity index (χ0n) is 15.4. The molecule has 5 N–H and O–H groups in total. The summed E-state index contributed by atoms with van der Waals surface area (Å²) < 4.78 is 0. The molecule has 0 radical (unpaired) electrons. The second-order valence-corrected chi connectivity index (χ2v) is 7.30. The van der Waals surface area contributed by atoms with E-state index in [4.69, 9.17) is 5.73 Å². The van der Waals surface area contributed by atoms with Crippen molar-refractivity contribution in [2.45, 2.75) is 12.8 Å². The van der Waals surface area contributed by atoms with E-state index in [1.165, 1.54) is 6.07 Å². The van der Waals surface area contributed by atoms with E-state index in [-0.39, 0.29) is 23.9 Å². The monoisotopic (exact) mass is 429 g/mol. The van der Waals surface area contributed by atoms with Crippen LogP contribution in [0.15, 0.2) is 48.0 Å². The highest BCUT2D eigenvalue weighted by Crippen LogP contribution is 2.31. The topological polar surface area (TPSA) is 117 Å². The number of nitrogens with one attached hydrogen (secondary N) is 2. The lowest BCUT2D eigenvalue weighted by Crippen LogP contribution is -2.07. The van der Waals surface area contributed by atoms with E-state index in [2.05, 4.69) is 20.3 Å². The molecule has 0 amide bonds. The zero-order chi connectivity index (χ0) is 19.5. The smallest absolute Gasteiger partial charge is 0.165 e. The third kappa shape index (κ3) is 4.49. The Balaban J connectivity index is 0.00000240. The number of phenolic OH excluding ortho intramolecular Hbond substituents is 1. The number of imidazole rings is 1. The number of fused-ring (bicyclic) bond motifs is 1. The Morgan fingerprint density at radius 2 is 2.10 bits per heavy atom. The van der Waals surface area contributed by atoms with E-state index < -0.39 is 0 Å². The Labute approximate surface area is 177 Å². The molecule has 3 aromatic heterocycles. The minimum atomic E-state index is -0.0127. The minimum Gasteiger partial charge on any atom is -0.506 e. The summed E-state index contributed by atoms with van der Waals surface area (Å²) in [5.74, 6) is 1.44. The minimum absolute atomic E-state index is 0. The van der Waals surface area contributed by atoms with Gasteiger partial charge in [0.15, 0.2) is 5.78 Å². The molecule has 9 heteroatoms. The van der Waals surface area contributed by atoms with Crippen molar-refractivity contribution in [3.63, 3.8) is 0 Å². The average Bonchev–Trinajstić information content (AvgIpc) is 3.37. The van der Waals surface area contributed by atoms with Crippen LogP contribution < -0.4 is 11.1 Å². The van der Waals surface area contributed by atoms with Crippen molar-refractivity contribution in [3.8, 4) is 16.5 Å². The fourth-order valence-corrected chi connectivity index (χ4v) is 3.61. The summed E-state index contributed by atoms with van der Waals surface area (Å²) in [5.41, 5.74) is 7.72. The highest BCUT2D eigenvalue weighted by Gasteiger charge is 2.17. The molecule has 0 aliphatic carbocycles. The molecule has 0 fully saturated rings. The van der Waals surface area contributed by atoms with E-state index in [1.807, 2.05) is 17.5 Å². The summed E-state index contributed by atoms with van der Waals surface area (Å²) >= 11 is 1.54. The first-order chi connectivity index (χ1) is 13.6. The van der Waals surface area contributed by atoms with Crippen LogP contribution >= 0.6 is 23.7 Å². The van der Waals surface area contributed by atoms with Crippen LogP contribution in [0.3, 0.4) is 0 Å². The zero-order valence-corrected chi connectivity index (χ0v) is 17.0. The van der Waals surface area contributed by atoms with Gasteiger partial charge in [-0.3, -0.25) is 4.79 Å². The van der Waals surface area contributed by atoms with Gasteiger partial charge in [0.1, 0.15) is 28.4 Å². The number of H-pyrrole nitrogens is 1. The maximum Gasteiger partial charge on any atom is 0.165 e. The van der Waals surface area contributed by atoms with Crippen LogP contribution in [0.1, 0.15) is 23.2 Å². The van der Waals surface area contributed by atoms with Crippen LogP contribution in [0.5, 0.6) is 5.75 Å². The maximum atomic E-state index is 12.7. The Bertz CT molecular complexity index is 1110. The quantitative estimate of drug-likeness (QED) is 0.254. The largest absolute Gasteiger partial charge is 0.506 e. The summed E-state index contributed by atoms with van der Waals surface area (Å²) in [7, 11) is 0. The number of nitrogen functional groups attached to an aromatic ring is 1. The number of halogens is 1. The van der Waals surface area contributed by atoms with E-state index in [0.29, 0.717) is 47.5 Å². The second-order valence-electron chi connectivity index (χ2n) is 6.35. The standard InChI is InChI=1S/C20H19N5O2S.ClH/c21-12-5-8-17(23-11-12)22-9-1-3-14(26)13-6-7-15(27)19-18(13)24-20(25-19)16-4-2-10-28-16;/h2,4-8,10-11,27H,1,3,9,21H2,(H,22,23)(H,24,25);1H. The first-order valence-corrected chi connectivity index (χ1v) is 9.74. The van der Waals surface area contributed by atoms with Crippen LogP contribution in [-0.4, -0.2) is 32.4 Å². The molecule has 1 aromatic carbocycles. The molecule has 0 unspecified atom stereocenters. The third-order valence-corrected chi connectivity index (χ3v) is 5.23. The molecule has 0 saturated carbocycles. The number of thiophene rings is 1. The number of aromatic amines is 1. The van der Waals surface area contributed by atoms with Gasteiger partial charge in [0, 0.05) is 18.5 Å². The number of pyridine rings is 1. The van der Waals surface area contributed by atoms with Gasteiger partial charge in [-0.2, -0.15) is 0 Å². The van der Waals surface area contributed by atoms with Crippen molar-refractivity contribution < 1.29 is 9.90 Å². The number of carbonyl (C=O) groups is 1. The van der Waals surface area contributed by atoms with Gasteiger partial charge in [-0.15, -0.1) is 23.7 Å². The van der Waals surface area contributed by atoms with Crippen molar-refractivity contribution in [3.05, 3.63) is 53.5 Å². The summed E-state index contributed by atoms with van der Waals surface area (Å²) in [4.78, 5) is 25.5. The van der Waals surface area contributed by atoms with Crippen molar-refractivity contribution in [1.29, 1.82) is 0 Å². The number of nitrogens with two attached hydrogens (primary N) is 1. The number of carbonyl (C=O) groups excluding carboxylic acids is 1. The van der Waals surface area contributed by atoms with Crippen molar-refractivity contribution in [2.75, 3.05) is 17.6 Å². The summed E-state index contributed by atoms with van der Waals surface area (Å²) in [6.07, 6.45) is 2.60. The molecule has 0 aliphatic rings. The molecular weight excluding hydrogens is 410 g/mol. The highest BCUT2D eigenvalue weighted by atomic mass is 35.5. The van der Waals surface area contributed by atoms with Gasteiger partial charge in [-0.1, -0.05) is 6.07 Å². The number of rotatable bonds is 7. The third-order valence-electron chi connectivity index (χ3n) is 4.35. The molecule has 3 heterocycles.